The molecule has 1 unspecified atom stereocenters. The fraction of sp³-hybridized carbons (Fsp3) is 0.500. The summed E-state index contributed by atoms with van der Waals surface area (Å²) in [5.74, 6) is -0.0233. The van der Waals surface area contributed by atoms with E-state index in [0.717, 1.165) is 30.7 Å². The molecule has 142 valence electrons. The predicted molar refractivity (Wildman–Crippen MR) is 96.3 cm³/mol. The molecule has 9 heteroatoms. The number of aryl methyl sites for hydroxylation is 2. The Morgan fingerprint density at radius 2 is 2.07 bits per heavy atom. The molecule has 0 saturated carbocycles. The van der Waals surface area contributed by atoms with Gasteiger partial charge in [-0.1, -0.05) is 10.3 Å². The van der Waals surface area contributed by atoms with Crippen LogP contribution in [0.2, 0.25) is 0 Å². The molecule has 1 N–H and O–H groups in total. The van der Waals surface area contributed by atoms with Crippen molar-refractivity contribution in [2.24, 2.45) is 0 Å². The van der Waals surface area contributed by atoms with E-state index in [9.17, 15) is 9.59 Å². The Morgan fingerprint density at radius 3 is 2.81 bits per heavy atom. The lowest BCUT2D eigenvalue weighted by molar-refractivity contribution is -0.134. The van der Waals surface area contributed by atoms with E-state index in [2.05, 4.69) is 20.4 Å². The molecule has 1 amide bonds. The third-order valence-electron chi connectivity index (χ3n) is 5.35. The molecule has 27 heavy (non-hydrogen) atoms. The first-order valence-electron chi connectivity index (χ1n) is 9.12. The Morgan fingerprint density at radius 1 is 1.26 bits per heavy atom. The number of rotatable bonds is 3. The summed E-state index contributed by atoms with van der Waals surface area (Å²) in [6.45, 7) is 6.04. The monoisotopic (exact) mass is 370 g/mol. The van der Waals surface area contributed by atoms with Gasteiger partial charge < -0.3 is 4.90 Å². The lowest BCUT2D eigenvalue weighted by Crippen LogP contribution is -2.39. The van der Waals surface area contributed by atoms with Crippen LogP contribution in [0.4, 0.5) is 0 Å². The first-order chi connectivity index (χ1) is 13.0. The first kappa shape index (κ1) is 17.4. The minimum atomic E-state index is -0.117. The van der Waals surface area contributed by atoms with Crippen molar-refractivity contribution in [1.29, 1.82) is 0 Å². The molecule has 0 spiro atoms. The van der Waals surface area contributed by atoms with Crippen molar-refractivity contribution in [3.63, 3.8) is 0 Å². The zero-order valence-electron chi connectivity index (χ0n) is 15.7. The van der Waals surface area contributed by atoms with Crippen molar-refractivity contribution in [3.8, 4) is 0 Å². The second-order valence-electron chi connectivity index (χ2n) is 7.10. The number of carbonyl (C=O) groups excluding carboxylic acids is 1. The van der Waals surface area contributed by atoms with E-state index in [4.69, 9.17) is 4.63 Å². The van der Waals surface area contributed by atoms with E-state index in [1.54, 1.807) is 13.8 Å². The standard InChI is InChI=1S/C18H22N6O3/c1-10-11(2)19-16-8-14(20-24(16)18(10)26)15-6-4-5-7-23(15)17(25)9-13-12(3)21-27-22-13/h8,15,20H,4-7,9H2,1-3H3. The summed E-state index contributed by atoms with van der Waals surface area (Å²) in [6.07, 6.45) is 2.97. The minimum absolute atomic E-state index is 0.0233. The van der Waals surface area contributed by atoms with E-state index in [1.807, 2.05) is 17.9 Å². The van der Waals surface area contributed by atoms with Gasteiger partial charge in [-0.15, -0.1) is 0 Å². The van der Waals surface area contributed by atoms with Crippen LogP contribution in [-0.2, 0) is 11.2 Å². The Bertz CT molecular complexity index is 1060. The molecule has 0 radical (unpaired) electrons. The Kier molecular flexibility index (Phi) is 4.29. The smallest absolute Gasteiger partial charge is 0.275 e. The molecular weight excluding hydrogens is 348 g/mol. The van der Waals surface area contributed by atoms with Crippen molar-refractivity contribution in [1.82, 2.24) is 29.8 Å². The molecule has 9 nitrogen and oxygen atoms in total. The van der Waals surface area contributed by atoms with Crippen LogP contribution in [0.1, 0.15) is 53.6 Å². The number of hydrogen-bond acceptors (Lipinski definition) is 6. The van der Waals surface area contributed by atoms with Gasteiger partial charge in [0.1, 0.15) is 11.4 Å². The molecular formula is C18H22N6O3. The maximum absolute atomic E-state index is 12.9. The number of nitrogens with zero attached hydrogens (tertiary/aromatic N) is 5. The van der Waals surface area contributed by atoms with E-state index in [1.165, 1.54) is 4.52 Å². The molecule has 3 aromatic rings. The van der Waals surface area contributed by atoms with Crippen LogP contribution in [-0.4, -0.2) is 42.3 Å². The van der Waals surface area contributed by atoms with Crippen LogP contribution in [0.15, 0.2) is 15.5 Å². The molecule has 1 fully saturated rings. The normalized spacial score (nSPS) is 17.6. The summed E-state index contributed by atoms with van der Waals surface area (Å²) in [4.78, 5) is 31.8. The number of H-pyrrole nitrogens is 1. The average Bonchev–Trinajstić information content (AvgIpc) is 3.26. The molecule has 0 aromatic carbocycles. The van der Waals surface area contributed by atoms with Crippen molar-refractivity contribution in [2.75, 3.05) is 6.54 Å². The molecule has 1 saturated heterocycles. The van der Waals surface area contributed by atoms with E-state index in [0.29, 0.717) is 29.1 Å². The quantitative estimate of drug-likeness (QED) is 0.750. The van der Waals surface area contributed by atoms with Crippen molar-refractivity contribution < 1.29 is 9.42 Å². The zero-order valence-corrected chi connectivity index (χ0v) is 15.7. The predicted octanol–water partition coefficient (Wildman–Crippen LogP) is 1.63. The lowest BCUT2D eigenvalue weighted by atomic mass is 9.98. The topological polar surface area (TPSA) is 109 Å². The third kappa shape index (κ3) is 3.02. The van der Waals surface area contributed by atoms with Gasteiger partial charge in [-0.2, -0.15) is 0 Å². The third-order valence-corrected chi connectivity index (χ3v) is 5.35. The molecule has 1 atom stereocenters. The highest BCUT2D eigenvalue weighted by Crippen LogP contribution is 2.31. The maximum atomic E-state index is 12.9. The fourth-order valence-electron chi connectivity index (χ4n) is 3.62. The number of piperidine rings is 1. The zero-order chi connectivity index (χ0) is 19.1. The fourth-order valence-corrected chi connectivity index (χ4v) is 3.62. The van der Waals surface area contributed by atoms with Gasteiger partial charge in [-0.05, 0) is 40.0 Å². The second kappa shape index (κ2) is 6.64. The summed E-state index contributed by atoms with van der Waals surface area (Å²) in [5.41, 5.74) is 3.82. The number of likely N-dealkylation sites (tertiary alicyclic amines) is 1. The molecule has 3 aromatic heterocycles. The van der Waals surface area contributed by atoms with E-state index >= 15 is 0 Å². The van der Waals surface area contributed by atoms with E-state index < -0.39 is 0 Å². The van der Waals surface area contributed by atoms with Gasteiger partial charge in [-0.3, -0.25) is 14.7 Å². The van der Waals surface area contributed by atoms with Gasteiger partial charge in [0.05, 0.1) is 18.2 Å². The Hall–Kier alpha value is -2.97. The number of aromatic nitrogens is 5. The van der Waals surface area contributed by atoms with Crippen molar-refractivity contribution in [3.05, 3.63) is 44.8 Å². The van der Waals surface area contributed by atoms with Crippen LogP contribution in [0.5, 0.6) is 0 Å². The van der Waals surface area contributed by atoms with Crippen LogP contribution >= 0.6 is 0 Å². The minimum Gasteiger partial charge on any atom is -0.334 e. The molecule has 1 aliphatic rings. The van der Waals surface area contributed by atoms with Gasteiger partial charge in [0.15, 0.2) is 5.65 Å². The number of fused-ring (bicyclic) bond motifs is 1. The second-order valence-corrected chi connectivity index (χ2v) is 7.10. The van der Waals surface area contributed by atoms with Gasteiger partial charge in [0, 0.05) is 23.9 Å². The van der Waals surface area contributed by atoms with Gasteiger partial charge in [-0.25, -0.2) is 14.1 Å². The van der Waals surface area contributed by atoms with Crippen LogP contribution in [0.25, 0.3) is 5.65 Å². The molecule has 4 heterocycles. The summed E-state index contributed by atoms with van der Waals surface area (Å²) in [7, 11) is 0. The maximum Gasteiger partial charge on any atom is 0.275 e. The van der Waals surface area contributed by atoms with Crippen LogP contribution < -0.4 is 5.56 Å². The summed E-state index contributed by atoms with van der Waals surface area (Å²) in [6, 6.07) is 1.75. The number of amides is 1. The highest BCUT2D eigenvalue weighted by molar-refractivity contribution is 5.79. The van der Waals surface area contributed by atoms with Crippen LogP contribution in [0, 0.1) is 20.8 Å². The van der Waals surface area contributed by atoms with Gasteiger partial charge in [0.2, 0.25) is 5.91 Å². The summed E-state index contributed by atoms with van der Waals surface area (Å²) >= 11 is 0. The van der Waals surface area contributed by atoms with Crippen LogP contribution in [0.3, 0.4) is 0 Å². The average molecular weight is 370 g/mol. The number of nitrogens with one attached hydrogen (secondary N) is 1. The first-order valence-corrected chi connectivity index (χ1v) is 9.12. The molecule has 0 bridgehead atoms. The largest absolute Gasteiger partial charge is 0.334 e. The van der Waals surface area contributed by atoms with Crippen molar-refractivity contribution in [2.45, 2.75) is 52.5 Å². The highest BCUT2D eigenvalue weighted by Gasteiger charge is 2.30. The molecule has 1 aliphatic heterocycles. The Balaban J connectivity index is 1.67. The Labute approximate surface area is 155 Å². The SMILES string of the molecule is Cc1nonc1CC(=O)N1CCCCC1c1cc2nc(C)c(C)c(=O)n2[nH]1. The van der Waals surface area contributed by atoms with Crippen molar-refractivity contribution >= 4 is 11.6 Å². The van der Waals surface area contributed by atoms with Gasteiger partial charge in [0.25, 0.3) is 5.56 Å². The number of hydrogen-bond donors (Lipinski definition) is 1. The molecule has 0 aliphatic carbocycles. The number of aromatic amines is 1. The number of carbonyl (C=O) groups is 1. The summed E-state index contributed by atoms with van der Waals surface area (Å²) in [5, 5.41) is 10.7. The van der Waals surface area contributed by atoms with E-state index in [-0.39, 0.29) is 23.9 Å². The molecule has 4 rings (SSSR count). The highest BCUT2D eigenvalue weighted by atomic mass is 16.6. The summed E-state index contributed by atoms with van der Waals surface area (Å²) < 4.78 is 6.16. The lowest BCUT2D eigenvalue weighted by Gasteiger charge is -2.35. The van der Waals surface area contributed by atoms with Gasteiger partial charge >= 0.3 is 0 Å².